The molecule has 122 valence electrons. The first-order valence-electron chi connectivity index (χ1n) is 7.67. The van der Waals surface area contributed by atoms with Crippen LogP contribution in [0.25, 0.3) is 22.1 Å². The summed E-state index contributed by atoms with van der Waals surface area (Å²) in [6, 6.07) is 13.5. The summed E-state index contributed by atoms with van der Waals surface area (Å²) >= 11 is 0. The van der Waals surface area contributed by atoms with E-state index in [1.165, 1.54) is 0 Å². The first kappa shape index (κ1) is 13.7. The molecule has 0 saturated carbocycles. The normalized spacial score (nSPS) is 13.1. The van der Waals surface area contributed by atoms with Gasteiger partial charge >= 0.3 is 0 Å². The molecule has 0 bridgehead atoms. The van der Waals surface area contributed by atoms with E-state index in [0.717, 1.165) is 27.7 Å². The Hall–Kier alpha value is -3.68. The van der Waals surface area contributed by atoms with E-state index in [4.69, 9.17) is 9.47 Å². The van der Waals surface area contributed by atoms with Crippen molar-refractivity contribution in [3.63, 3.8) is 0 Å². The van der Waals surface area contributed by atoms with Crippen LogP contribution in [0.4, 0.5) is 5.95 Å². The number of aromatic amines is 1. The molecule has 1 aliphatic heterocycles. The van der Waals surface area contributed by atoms with Crippen LogP contribution in [0.5, 0.6) is 11.5 Å². The van der Waals surface area contributed by atoms with Gasteiger partial charge in [0.25, 0.3) is 5.95 Å². The zero-order chi connectivity index (χ0) is 16.6. The van der Waals surface area contributed by atoms with Gasteiger partial charge < -0.3 is 14.5 Å². The number of hydrogen-bond donors (Lipinski definition) is 2. The Labute approximate surface area is 141 Å². The molecule has 2 N–H and O–H groups in total. The predicted octanol–water partition coefficient (Wildman–Crippen LogP) is 2.68. The summed E-state index contributed by atoms with van der Waals surface area (Å²) in [4.78, 5) is 7.62. The van der Waals surface area contributed by atoms with Gasteiger partial charge in [0.2, 0.25) is 6.79 Å². The molecular formula is C17H12N6O2. The van der Waals surface area contributed by atoms with Gasteiger partial charge in [0.15, 0.2) is 17.1 Å². The van der Waals surface area contributed by atoms with E-state index in [1.54, 1.807) is 6.21 Å². The average Bonchev–Trinajstić information content (AvgIpc) is 3.25. The fraction of sp³-hybridized carbons (Fsp3) is 0.0588. The van der Waals surface area contributed by atoms with E-state index in [0.29, 0.717) is 17.3 Å². The van der Waals surface area contributed by atoms with Gasteiger partial charge in [-0.25, -0.2) is 5.43 Å². The minimum Gasteiger partial charge on any atom is -0.454 e. The topological polar surface area (TPSA) is 97.3 Å². The molecule has 0 saturated heterocycles. The Balaban J connectivity index is 1.39. The van der Waals surface area contributed by atoms with Crippen LogP contribution in [0, 0.1) is 0 Å². The average molecular weight is 332 g/mol. The summed E-state index contributed by atoms with van der Waals surface area (Å²) in [5, 5.41) is 13.4. The fourth-order valence-electron chi connectivity index (χ4n) is 2.73. The Morgan fingerprint density at radius 1 is 1.08 bits per heavy atom. The van der Waals surface area contributed by atoms with Crippen molar-refractivity contribution in [2.24, 2.45) is 5.10 Å². The van der Waals surface area contributed by atoms with Crippen LogP contribution in [-0.2, 0) is 0 Å². The Morgan fingerprint density at radius 2 is 2.00 bits per heavy atom. The van der Waals surface area contributed by atoms with Crippen molar-refractivity contribution in [2.75, 3.05) is 12.2 Å². The molecule has 4 aromatic rings. The van der Waals surface area contributed by atoms with Gasteiger partial charge in [-0.05, 0) is 29.8 Å². The lowest BCUT2D eigenvalue weighted by molar-refractivity contribution is 0.174. The number of fused-ring (bicyclic) bond motifs is 4. The second kappa shape index (κ2) is 5.45. The quantitative estimate of drug-likeness (QED) is 0.442. The van der Waals surface area contributed by atoms with Crippen LogP contribution in [0.15, 0.2) is 47.6 Å². The van der Waals surface area contributed by atoms with Gasteiger partial charge in [0.05, 0.1) is 6.21 Å². The fourth-order valence-corrected chi connectivity index (χ4v) is 2.73. The molecule has 1 aliphatic rings. The van der Waals surface area contributed by atoms with Crippen molar-refractivity contribution < 1.29 is 9.47 Å². The van der Waals surface area contributed by atoms with E-state index >= 15 is 0 Å². The molecule has 0 spiro atoms. The van der Waals surface area contributed by atoms with Crippen LogP contribution in [0.1, 0.15) is 5.56 Å². The van der Waals surface area contributed by atoms with Crippen molar-refractivity contribution in [3.8, 4) is 11.5 Å². The molecule has 0 aliphatic carbocycles. The highest BCUT2D eigenvalue weighted by atomic mass is 16.7. The summed E-state index contributed by atoms with van der Waals surface area (Å²) < 4.78 is 10.6. The lowest BCUT2D eigenvalue weighted by atomic mass is 10.2. The third-order valence-electron chi connectivity index (χ3n) is 3.90. The Kier molecular flexibility index (Phi) is 2.99. The van der Waals surface area contributed by atoms with Crippen molar-refractivity contribution >= 4 is 34.2 Å². The molecule has 0 amide bonds. The molecule has 0 radical (unpaired) electrons. The standard InChI is InChI=1S/C17H12N6O2/c1-2-4-12-11(3-1)15-16(19-12)20-17(23-21-15)22-18-8-10-5-6-13-14(7-10)25-9-24-13/h1-8H,9H2,(H2,19,20,22,23)/b18-8+. The number of aromatic nitrogens is 4. The molecule has 2 aromatic carbocycles. The highest BCUT2D eigenvalue weighted by molar-refractivity contribution is 6.03. The van der Waals surface area contributed by atoms with E-state index in [-0.39, 0.29) is 6.79 Å². The van der Waals surface area contributed by atoms with Gasteiger partial charge in [-0.3, -0.25) is 0 Å². The van der Waals surface area contributed by atoms with Crippen LogP contribution in [-0.4, -0.2) is 33.2 Å². The second-order valence-electron chi connectivity index (χ2n) is 5.49. The van der Waals surface area contributed by atoms with Gasteiger partial charge in [0, 0.05) is 10.9 Å². The molecule has 0 atom stereocenters. The zero-order valence-corrected chi connectivity index (χ0v) is 12.9. The predicted molar refractivity (Wildman–Crippen MR) is 93.0 cm³/mol. The first-order valence-corrected chi connectivity index (χ1v) is 7.67. The summed E-state index contributed by atoms with van der Waals surface area (Å²) in [5.41, 5.74) is 6.03. The number of H-pyrrole nitrogens is 1. The monoisotopic (exact) mass is 332 g/mol. The number of nitrogens with zero attached hydrogens (tertiary/aromatic N) is 4. The summed E-state index contributed by atoms with van der Waals surface area (Å²) in [6.45, 7) is 0.248. The third kappa shape index (κ3) is 2.40. The number of hydrogen-bond acceptors (Lipinski definition) is 7. The van der Waals surface area contributed by atoms with Crippen LogP contribution in [0.2, 0.25) is 0 Å². The highest BCUT2D eigenvalue weighted by Crippen LogP contribution is 2.32. The van der Waals surface area contributed by atoms with Crippen LogP contribution >= 0.6 is 0 Å². The molecule has 8 nitrogen and oxygen atoms in total. The number of hydrazone groups is 1. The maximum Gasteiger partial charge on any atom is 0.265 e. The van der Waals surface area contributed by atoms with E-state index in [1.807, 2.05) is 42.5 Å². The van der Waals surface area contributed by atoms with Gasteiger partial charge in [-0.1, -0.05) is 18.2 Å². The van der Waals surface area contributed by atoms with E-state index in [9.17, 15) is 0 Å². The smallest absolute Gasteiger partial charge is 0.265 e. The third-order valence-corrected chi connectivity index (χ3v) is 3.90. The van der Waals surface area contributed by atoms with Crippen molar-refractivity contribution in [3.05, 3.63) is 48.0 Å². The SMILES string of the molecule is C(=N\Nc1nnc2c(n1)[nH]c1ccccc12)/c1ccc2c(c1)OCO2. The molecule has 3 heterocycles. The largest absolute Gasteiger partial charge is 0.454 e. The molecule has 2 aromatic heterocycles. The molecule has 5 rings (SSSR count). The second-order valence-corrected chi connectivity index (χ2v) is 5.49. The molecule has 8 heteroatoms. The zero-order valence-electron chi connectivity index (χ0n) is 12.9. The van der Waals surface area contributed by atoms with Crippen LogP contribution < -0.4 is 14.9 Å². The molecule has 25 heavy (non-hydrogen) atoms. The Morgan fingerprint density at radius 3 is 3.00 bits per heavy atom. The van der Waals surface area contributed by atoms with Crippen molar-refractivity contribution in [2.45, 2.75) is 0 Å². The summed E-state index contributed by atoms with van der Waals surface area (Å²) in [6.07, 6.45) is 1.65. The van der Waals surface area contributed by atoms with Gasteiger partial charge in [0.1, 0.15) is 5.52 Å². The molecule has 0 fully saturated rings. The Bertz CT molecular complexity index is 1120. The molecule has 0 unspecified atom stereocenters. The minimum atomic E-state index is 0.248. The summed E-state index contributed by atoms with van der Waals surface area (Å²) in [7, 11) is 0. The maximum absolute atomic E-state index is 5.34. The number of para-hydroxylation sites is 1. The lowest BCUT2D eigenvalue weighted by Crippen LogP contribution is -1.99. The number of rotatable bonds is 3. The number of benzene rings is 2. The molecular weight excluding hydrogens is 320 g/mol. The van der Waals surface area contributed by atoms with E-state index < -0.39 is 0 Å². The number of anilines is 1. The van der Waals surface area contributed by atoms with E-state index in [2.05, 4.69) is 30.7 Å². The van der Waals surface area contributed by atoms with Gasteiger partial charge in [-0.2, -0.15) is 10.1 Å². The first-order chi connectivity index (χ1) is 12.4. The minimum absolute atomic E-state index is 0.248. The summed E-state index contributed by atoms with van der Waals surface area (Å²) in [5.74, 6) is 1.76. The van der Waals surface area contributed by atoms with Crippen LogP contribution in [0.3, 0.4) is 0 Å². The van der Waals surface area contributed by atoms with Crippen molar-refractivity contribution in [1.29, 1.82) is 0 Å². The van der Waals surface area contributed by atoms with Gasteiger partial charge in [-0.15, -0.1) is 10.2 Å². The number of ether oxygens (including phenoxy) is 2. The number of nitrogens with one attached hydrogen (secondary N) is 2. The lowest BCUT2D eigenvalue weighted by Gasteiger charge is -1.99. The van der Waals surface area contributed by atoms with Crippen molar-refractivity contribution in [1.82, 2.24) is 20.2 Å². The maximum atomic E-state index is 5.34. The highest BCUT2D eigenvalue weighted by Gasteiger charge is 2.12.